The van der Waals surface area contributed by atoms with Crippen LogP contribution in [-0.2, 0) is 6.54 Å². The van der Waals surface area contributed by atoms with E-state index in [-0.39, 0.29) is 11.1 Å². The van der Waals surface area contributed by atoms with Crippen molar-refractivity contribution in [1.82, 2.24) is 15.3 Å². The maximum atomic E-state index is 16.2. The molecule has 0 saturated heterocycles. The van der Waals surface area contributed by atoms with Crippen molar-refractivity contribution in [3.63, 3.8) is 0 Å². The van der Waals surface area contributed by atoms with Crippen LogP contribution in [0.2, 0.25) is 0 Å². The van der Waals surface area contributed by atoms with Crippen LogP contribution in [0.15, 0.2) is 36.0 Å². The number of nitrogens with zero attached hydrogens (tertiary/aromatic N) is 1. The lowest BCUT2D eigenvalue weighted by Gasteiger charge is -2.44. The number of anilines is 1. The number of aromatic amines is 1. The zero-order chi connectivity index (χ0) is 23.5. The summed E-state index contributed by atoms with van der Waals surface area (Å²) in [4.78, 5) is 8.42. The van der Waals surface area contributed by atoms with Gasteiger partial charge in [-0.25, -0.2) is 13.8 Å². The van der Waals surface area contributed by atoms with Gasteiger partial charge in [0.2, 0.25) is 0 Å². The average Bonchev–Trinajstić information content (AvgIpc) is 3.34. The van der Waals surface area contributed by atoms with Gasteiger partial charge < -0.3 is 20.7 Å². The Morgan fingerprint density at radius 1 is 1.24 bits per heavy atom. The van der Waals surface area contributed by atoms with E-state index in [1.165, 1.54) is 17.4 Å². The van der Waals surface area contributed by atoms with Crippen molar-refractivity contribution in [2.45, 2.75) is 51.9 Å². The maximum Gasteiger partial charge on any atom is 0.140 e. The van der Waals surface area contributed by atoms with Gasteiger partial charge in [0.05, 0.1) is 40.0 Å². The van der Waals surface area contributed by atoms with Gasteiger partial charge in [-0.2, -0.15) is 0 Å². The van der Waals surface area contributed by atoms with E-state index in [9.17, 15) is 5.11 Å². The zero-order valence-corrected chi connectivity index (χ0v) is 19.7. The second kappa shape index (κ2) is 7.90. The van der Waals surface area contributed by atoms with Crippen LogP contribution in [0.5, 0.6) is 0 Å². The number of aryl methyl sites for hydroxylation is 2. The summed E-state index contributed by atoms with van der Waals surface area (Å²) in [5.41, 5.74) is 4.49. The summed E-state index contributed by atoms with van der Waals surface area (Å²) in [6.07, 6.45) is 0.882. The standard InChI is InChI=1S/C25H26F2N4OS/c1-12-9-28-22-14(12)6-5-7-15(22)19-16(26)8-17-20(21(19)27)23(24(32)25(3,4)31-17)29-10-18-13(2)30-11-33-18/h5-9,11,23-24,28-29,31-32H,10H2,1-4H3/t23-,24+/m1/s1. The van der Waals surface area contributed by atoms with E-state index >= 15 is 8.78 Å². The number of aromatic nitrogens is 2. The van der Waals surface area contributed by atoms with Crippen LogP contribution in [0.3, 0.4) is 0 Å². The van der Waals surface area contributed by atoms with Gasteiger partial charge >= 0.3 is 0 Å². The third kappa shape index (κ3) is 3.53. The lowest BCUT2D eigenvalue weighted by Crippen LogP contribution is -2.54. The monoisotopic (exact) mass is 468 g/mol. The van der Waals surface area contributed by atoms with Gasteiger partial charge in [0, 0.05) is 39.8 Å². The smallest absolute Gasteiger partial charge is 0.140 e. The third-order valence-corrected chi connectivity index (χ3v) is 7.53. The highest BCUT2D eigenvalue weighted by Gasteiger charge is 2.43. The molecule has 0 saturated carbocycles. The van der Waals surface area contributed by atoms with Gasteiger partial charge in [0.25, 0.3) is 0 Å². The molecule has 0 bridgehead atoms. The van der Waals surface area contributed by atoms with Crippen LogP contribution < -0.4 is 10.6 Å². The molecule has 5 rings (SSSR count). The first-order valence-corrected chi connectivity index (χ1v) is 11.7. The first-order chi connectivity index (χ1) is 15.7. The molecule has 0 aliphatic carbocycles. The normalized spacial score (nSPS) is 19.5. The van der Waals surface area contributed by atoms with Crippen LogP contribution in [0.1, 0.15) is 41.6 Å². The molecule has 4 N–H and O–H groups in total. The van der Waals surface area contributed by atoms with Gasteiger partial charge in [-0.05, 0) is 39.3 Å². The molecule has 0 spiro atoms. The first-order valence-electron chi connectivity index (χ1n) is 10.9. The van der Waals surface area contributed by atoms with Crippen molar-refractivity contribution in [3.8, 4) is 11.1 Å². The number of hydrogen-bond donors (Lipinski definition) is 4. The number of rotatable bonds is 4. The summed E-state index contributed by atoms with van der Waals surface area (Å²) in [6.45, 7) is 7.92. The molecule has 2 atom stereocenters. The summed E-state index contributed by atoms with van der Waals surface area (Å²) < 4.78 is 31.6. The SMILES string of the molecule is Cc1ncsc1CN[C@@H]1c2c(cc(F)c(-c3cccc4c(C)c[nH]c34)c2F)NC(C)(C)[C@H]1O. The second-order valence-corrected chi connectivity index (χ2v) is 10.2. The predicted octanol–water partition coefficient (Wildman–Crippen LogP) is 5.58. The number of para-hydroxylation sites is 1. The molecule has 5 nitrogen and oxygen atoms in total. The largest absolute Gasteiger partial charge is 0.389 e. The van der Waals surface area contributed by atoms with E-state index in [0.717, 1.165) is 21.5 Å². The molecule has 8 heteroatoms. The Bertz CT molecular complexity index is 1360. The number of benzene rings is 2. The predicted molar refractivity (Wildman–Crippen MR) is 129 cm³/mol. The van der Waals surface area contributed by atoms with E-state index in [1.54, 1.807) is 17.6 Å². The molecule has 2 aromatic heterocycles. The van der Waals surface area contributed by atoms with Crippen molar-refractivity contribution in [2.75, 3.05) is 5.32 Å². The van der Waals surface area contributed by atoms with Crippen LogP contribution in [-0.4, -0.2) is 26.7 Å². The molecule has 0 amide bonds. The number of nitrogens with one attached hydrogen (secondary N) is 3. The second-order valence-electron chi connectivity index (χ2n) is 9.22. The fraction of sp³-hybridized carbons (Fsp3) is 0.320. The number of halogens is 2. The highest BCUT2D eigenvalue weighted by molar-refractivity contribution is 7.09. The Kier molecular flexibility index (Phi) is 5.27. The average molecular weight is 469 g/mol. The van der Waals surface area contributed by atoms with E-state index in [1.807, 2.05) is 40.0 Å². The van der Waals surface area contributed by atoms with Crippen LogP contribution in [0, 0.1) is 25.5 Å². The lowest BCUT2D eigenvalue weighted by molar-refractivity contribution is 0.0664. The quantitative estimate of drug-likeness (QED) is 0.315. The molecule has 0 fully saturated rings. The number of hydrogen-bond acceptors (Lipinski definition) is 5. The summed E-state index contributed by atoms with van der Waals surface area (Å²) >= 11 is 1.50. The Labute approximate surface area is 194 Å². The number of thiazole rings is 1. The van der Waals surface area contributed by atoms with Crippen molar-refractivity contribution in [2.24, 2.45) is 0 Å². The van der Waals surface area contributed by atoms with E-state index in [0.29, 0.717) is 23.3 Å². The van der Waals surface area contributed by atoms with Crippen molar-refractivity contribution in [1.29, 1.82) is 0 Å². The Morgan fingerprint density at radius 3 is 2.76 bits per heavy atom. The van der Waals surface area contributed by atoms with E-state index < -0.39 is 29.3 Å². The molecule has 172 valence electrons. The number of H-pyrrole nitrogens is 1. The molecule has 3 heterocycles. The molecule has 0 radical (unpaired) electrons. The minimum Gasteiger partial charge on any atom is -0.389 e. The molecule has 4 aromatic rings. The first kappa shape index (κ1) is 22.0. The summed E-state index contributed by atoms with van der Waals surface area (Å²) in [5.74, 6) is -1.33. The fourth-order valence-electron chi connectivity index (χ4n) is 4.70. The van der Waals surface area contributed by atoms with Gasteiger partial charge in [0.1, 0.15) is 11.6 Å². The van der Waals surface area contributed by atoms with Crippen molar-refractivity contribution in [3.05, 3.63) is 69.3 Å². The minimum atomic E-state index is -0.949. The van der Waals surface area contributed by atoms with Crippen LogP contribution >= 0.6 is 11.3 Å². The Hall–Kier alpha value is -2.81. The highest BCUT2D eigenvalue weighted by Crippen LogP contribution is 2.44. The molecule has 1 aliphatic rings. The third-order valence-electron chi connectivity index (χ3n) is 6.60. The van der Waals surface area contributed by atoms with Crippen LogP contribution in [0.4, 0.5) is 14.5 Å². The van der Waals surface area contributed by atoms with Crippen molar-refractivity contribution >= 4 is 27.9 Å². The molecule has 1 aliphatic heterocycles. The fourth-order valence-corrected chi connectivity index (χ4v) is 5.43. The minimum absolute atomic E-state index is 0.101. The molecule has 0 unspecified atom stereocenters. The molecular formula is C25H26F2N4OS. The summed E-state index contributed by atoms with van der Waals surface area (Å²) in [5, 5.41) is 18.5. The van der Waals surface area contributed by atoms with Gasteiger partial charge in [-0.3, -0.25) is 0 Å². The number of fused-ring (bicyclic) bond motifs is 2. The highest BCUT2D eigenvalue weighted by atomic mass is 32.1. The van der Waals surface area contributed by atoms with E-state index in [2.05, 4.69) is 20.6 Å². The van der Waals surface area contributed by atoms with E-state index in [4.69, 9.17) is 0 Å². The zero-order valence-electron chi connectivity index (χ0n) is 18.9. The van der Waals surface area contributed by atoms with Crippen LogP contribution in [0.25, 0.3) is 22.0 Å². The van der Waals surface area contributed by atoms with Crippen molar-refractivity contribution < 1.29 is 13.9 Å². The Morgan fingerprint density at radius 2 is 2.03 bits per heavy atom. The van der Waals surface area contributed by atoms with Gasteiger partial charge in [-0.15, -0.1) is 11.3 Å². The molecular weight excluding hydrogens is 442 g/mol. The Balaban J connectivity index is 1.67. The molecule has 2 aromatic carbocycles. The summed E-state index contributed by atoms with van der Waals surface area (Å²) in [7, 11) is 0. The molecule has 33 heavy (non-hydrogen) atoms. The number of aliphatic hydroxyl groups is 1. The maximum absolute atomic E-state index is 16.2. The topological polar surface area (TPSA) is 73.0 Å². The summed E-state index contributed by atoms with van der Waals surface area (Å²) in [6, 6.07) is 6.04. The lowest BCUT2D eigenvalue weighted by atomic mass is 9.81. The number of aliphatic hydroxyl groups excluding tert-OH is 1. The van der Waals surface area contributed by atoms with Gasteiger partial charge in [0.15, 0.2) is 0 Å². The van der Waals surface area contributed by atoms with Gasteiger partial charge in [-0.1, -0.05) is 18.2 Å².